The highest BCUT2D eigenvalue weighted by molar-refractivity contribution is 7.13. The van der Waals surface area contributed by atoms with Gasteiger partial charge in [0.2, 0.25) is 0 Å². The van der Waals surface area contributed by atoms with Gasteiger partial charge in [0.1, 0.15) is 27.6 Å². The number of hydrogen-bond acceptors (Lipinski definition) is 5. The lowest BCUT2D eigenvalue weighted by atomic mass is 10.1. The molecule has 2 rings (SSSR count). The normalized spacial score (nSPS) is 13.5. The number of aromatic nitrogens is 1. The van der Waals surface area contributed by atoms with E-state index >= 15 is 0 Å². The lowest BCUT2D eigenvalue weighted by molar-refractivity contribution is 0.0943. The van der Waals surface area contributed by atoms with E-state index in [0.29, 0.717) is 21.2 Å². The van der Waals surface area contributed by atoms with Crippen LogP contribution in [-0.4, -0.2) is 23.1 Å². The van der Waals surface area contributed by atoms with Gasteiger partial charge in [-0.1, -0.05) is 6.07 Å². The van der Waals surface area contributed by atoms with Gasteiger partial charge in [0, 0.05) is 0 Å². The summed E-state index contributed by atoms with van der Waals surface area (Å²) in [6.45, 7) is 3.25. The molecule has 0 aliphatic heterocycles. The first kappa shape index (κ1) is 16.4. The molecule has 1 amide bonds. The summed E-state index contributed by atoms with van der Waals surface area (Å²) in [6.07, 6.45) is 0.670. The van der Waals surface area contributed by atoms with Crippen LogP contribution in [0.5, 0.6) is 5.75 Å². The zero-order valence-electron chi connectivity index (χ0n) is 12.5. The number of carbonyl (C=O) groups is 1. The Morgan fingerprint density at radius 3 is 2.77 bits per heavy atom. The van der Waals surface area contributed by atoms with E-state index in [-0.39, 0.29) is 5.91 Å². The second kappa shape index (κ2) is 6.85. The van der Waals surface area contributed by atoms with Crippen LogP contribution in [0.4, 0.5) is 4.39 Å². The Bertz CT molecular complexity index is 673. The summed E-state index contributed by atoms with van der Waals surface area (Å²) in [6, 6.07) is 3.93. The molecule has 0 saturated heterocycles. The van der Waals surface area contributed by atoms with Crippen molar-refractivity contribution >= 4 is 17.2 Å². The molecule has 1 heterocycles. The molecule has 0 aliphatic carbocycles. The first-order valence-electron chi connectivity index (χ1n) is 6.71. The molecule has 0 radical (unpaired) electrons. The van der Waals surface area contributed by atoms with Crippen LogP contribution >= 0.6 is 11.3 Å². The van der Waals surface area contributed by atoms with E-state index in [0.717, 1.165) is 11.3 Å². The number of amides is 1. The summed E-state index contributed by atoms with van der Waals surface area (Å²) in [4.78, 5) is 16.5. The number of benzene rings is 1. The second-order valence-corrected chi connectivity index (χ2v) is 5.85. The molecule has 22 heavy (non-hydrogen) atoms. The summed E-state index contributed by atoms with van der Waals surface area (Å²) >= 11 is 1.10. The van der Waals surface area contributed by atoms with E-state index in [9.17, 15) is 14.3 Å². The zero-order chi connectivity index (χ0) is 16.3. The fraction of sp³-hybridized carbons (Fsp3) is 0.333. The van der Waals surface area contributed by atoms with Crippen molar-refractivity contribution in [2.75, 3.05) is 7.11 Å². The highest BCUT2D eigenvalue weighted by Crippen LogP contribution is 2.28. The van der Waals surface area contributed by atoms with Crippen molar-refractivity contribution in [3.63, 3.8) is 0 Å². The van der Waals surface area contributed by atoms with Gasteiger partial charge in [-0.3, -0.25) is 4.79 Å². The first-order chi connectivity index (χ1) is 10.4. The molecule has 2 atom stereocenters. The van der Waals surface area contributed by atoms with Crippen LogP contribution in [0.3, 0.4) is 0 Å². The van der Waals surface area contributed by atoms with Crippen molar-refractivity contribution in [1.82, 2.24) is 10.3 Å². The van der Waals surface area contributed by atoms with Crippen molar-refractivity contribution in [1.29, 1.82) is 0 Å². The molecule has 0 aliphatic rings. The highest BCUT2D eigenvalue weighted by Gasteiger charge is 2.20. The lowest BCUT2D eigenvalue weighted by Crippen LogP contribution is -2.27. The molecule has 118 valence electrons. The van der Waals surface area contributed by atoms with Crippen LogP contribution in [0.15, 0.2) is 24.4 Å². The molecule has 5 nitrogen and oxygen atoms in total. The summed E-state index contributed by atoms with van der Waals surface area (Å²) < 4.78 is 19.1. The van der Waals surface area contributed by atoms with Crippen molar-refractivity contribution < 1.29 is 19.0 Å². The van der Waals surface area contributed by atoms with Gasteiger partial charge in [-0.25, -0.2) is 9.37 Å². The van der Waals surface area contributed by atoms with Crippen molar-refractivity contribution in [2.45, 2.75) is 26.0 Å². The Kier molecular flexibility index (Phi) is 5.10. The molecule has 1 aromatic carbocycles. The number of nitrogens with zero attached hydrogens (tertiary/aromatic N) is 1. The predicted molar refractivity (Wildman–Crippen MR) is 81.6 cm³/mol. The second-order valence-electron chi connectivity index (χ2n) is 4.79. The molecule has 1 aromatic heterocycles. The third-order valence-corrected chi connectivity index (χ3v) is 4.28. The Hall–Kier alpha value is -1.99. The summed E-state index contributed by atoms with van der Waals surface area (Å²) in [5, 5.41) is 12.6. The van der Waals surface area contributed by atoms with Gasteiger partial charge in [0.15, 0.2) is 0 Å². The largest absolute Gasteiger partial charge is 0.496 e. The predicted octanol–water partition coefficient (Wildman–Crippen LogP) is 2.84. The number of rotatable bonds is 5. The van der Waals surface area contributed by atoms with Crippen molar-refractivity contribution in [3.8, 4) is 5.75 Å². The minimum Gasteiger partial charge on any atom is -0.496 e. The van der Waals surface area contributed by atoms with E-state index in [4.69, 9.17) is 4.74 Å². The Morgan fingerprint density at radius 2 is 2.18 bits per heavy atom. The Balaban J connectivity index is 2.17. The number of nitrogens with one attached hydrogen (secondary N) is 1. The number of methoxy groups -OCH3 is 1. The van der Waals surface area contributed by atoms with Crippen LogP contribution in [0.2, 0.25) is 0 Å². The summed E-state index contributed by atoms with van der Waals surface area (Å²) in [5.74, 6) is -0.440. The van der Waals surface area contributed by atoms with Crippen LogP contribution in [0.25, 0.3) is 0 Å². The number of aliphatic hydroxyl groups excluding tert-OH is 1. The van der Waals surface area contributed by atoms with E-state index in [1.165, 1.54) is 19.4 Å². The number of carbonyl (C=O) groups excluding carboxylic acids is 1. The van der Waals surface area contributed by atoms with Gasteiger partial charge < -0.3 is 15.2 Å². The minimum atomic E-state index is -0.726. The SMILES string of the molecule is COc1cccc(F)c1[C@@H](C)NC(=O)c1cnc([C@@H](C)O)s1. The third kappa shape index (κ3) is 3.42. The topological polar surface area (TPSA) is 71.5 Å². The van der Waals surface area contributed by atoms with E-state index in [1.807, 2.05) is 0 Å². The van der Waals surface area contributed by atoms with Crippen LogP contribution in [0, 0.1) is 5.82 Å². The van der Waals surface area contributed by atoms with Gasteiger partial charge in [-0.15, -0.1) is 11.3 Å². The maximum atomic E-state index is 14.0. The first-order valence-corrected chi connectivity index (χ1v) is 7.52. The highest BCUT2D eigenvalue weighted by atomic mass is 32.1. The molecule has 0 spiro atoms. The molecule has 0 fully saturated rings. The van der Waals surface area contributed by atoms with Gasteiger partial charge in [-0.05, 0) is 26.0 Å². The summed E-state index contributed by atoms with van der Waals surface area (Å²) in [5.41, 5.74) is 0.290. The molecule has 2 aromatic rings. The van der Waals surface area contributed by atoms with E-state index < -0.39 is 18.0 Å². The number of aliphatic hydroxyl groups is 1. The van der Waals surface area contributed by atoms with Gasteiger partial charge >= 0.3 is 0 Å². The fourth-order valence-electron chi connectivity index (χ4n) is 2.04. The zero-order valence-corrected chi connectivity index (χ0v) is 13.3. The quantitative estimate of drug-likeness (QED) is 0.887. The molecule has 0 unspecified atom stereocenters. The van der Waals surface area contributed by atoms with Crippen molar-refractivity contribution in [2.24, 2.45) is 0 Å². The molecule has 0 bridgehead atoms. The number of hydrogen-bond donors (Lipinski definition) is 2. The van der Waals surface area contributed by atoms with Gasteiger partial charge in [-0.2, -0.15) is 0 Å². The number of halogens is 1. The molecule has 2 N–H and O–H groups in total. The minimum absolute atomic E-state index is 0.290. The Morgan fingerprint density at radius 1 is 1.45 bits per heavy atom. The maximum absolute atomic E-state index is 14.0. The van der Waals surface area contributed by atoms with E-state index in [1.54, 1.807) is 26.0 Å². The average molecular weight is 324 g/mol. The van der Waals surface area contributed by atoms with Gasteiger partial charge in [0.05, 0.1) is 24.9 Å². The van der Waals surface area contributed by atoms with Crippen LogP contribution < -0.4 is 10.1 Å². The molecule has 0 saturated carbocycles. The third-order valence-electron chi connectivity index (χ3n) is 3.12. The average Bonchev–Trinajstić information content (AvgIpc) is 2.96. The Labute approximate surface area is 131 Å². The molecular formula is C15H17FN2O3S. The maximum Gasteiger partial charge on any atom is 0.263 e. The van der Waals surface area contributed by atoms with Gasteiger partial charge in [0.25, 0.3) is 5.91 Å². The van der Waals surface area contributed by atoms with Crippen molar-refractivity contribution in [3.05, 3.63) is 45.7 Å². The molecular weight excluding hydrogens is 307 g/mol. The van der Waals surface area contributed by atoms with E-state index in [2.05, 4.69) is 10.3 Å². The van der Waals surface area contributed by atoms with Crippen LogP contribution in [-0.2, 0) is 0 Å². The smallest absolute Gasteiger partial charge is 0.263 e. The number of thiazole rings is 1. The fourth-order valence-corrected chi connectivity index (χ4v) is 2.80. The van der Waals surface area contributed by atoms with Crippen LogP contribution in [0.1, 0.15) is 46.2 Å². The molecule has 7 heteroatoms. The summed E-state index contributed by atoms with van der Waals surface area (Å²) in [7, 11) is 1.45. The standard InChI is InChI=1S/C15H17FN2O3S/c1-8(13-10(16)5-4-6-11(13)21-3)18-14(20)12-7-17-15(22-12)9(2)19/h4-9,19H,1-3H3,(H,18,20)/t8-,9-/m1/s1. The number of ether oxygens (including phenoxy) is 1. The monoisotopic (exact) mass is 324 g/mol. The lowest BCUT2D eigenvalue weighted by Gasteiger charge is -2.17.